The van der Waals surface area contributed by atoms with Crippen molar-refractivity contribution in [1.82, 2.24) is 4.90 Å². The van der Waals surface area contributed by atoms with E-state index < -0.39 is 5.91 Å². The molecule has 0 atom stereocenters. The minimum absolute atomic E-state index is 0.000490. The summed E-state index contributed by atoms with van der Waals surface area (Å²) in [7, 11) is 3.11. The Morgan fingerprint density at radius 2 is 1.69 bits per heavy atom. The van der Waals surface area contributed by atoms with E-state index in [4.69, 9.17) is 20.2 Å². The van der Waals surface area contributed by atoms with Crippen LogP contribution in [0.1, 0.15) is 56.0 Å². The van der Waals surface area contributed by atoms with Crippen molar-refractivity contribution >= 4 is 28.9 Å². The van der Waals surface area contributed by atoms with E-state index in [1.54, 1.807) is 43.5 Å². The van der Waals surface area contributed by atoms with Crippen LogP contribution >= 0.6 is 0 Å². The fourth-order valence-electron chi connectivity index (χ4n) is 3.86. The third-order valence-corrected chi connectivity index (χ3v) is 5.84. The minimum Gasteiger partial charge on any atom is -0.497 e. The number of anilines is 1. The molecule has 8 heteroatoms. The van der Waals surface area contributed by atoms with Gasteiger partial charge in [-0.05, 0) is 67.8 Å². The number of aliphatic imine (C=N–C) groups is 1. The summed E-state index contributed by atoms with van der Waals surface area (Å²) in [5, 5.41) is 2.78. The number of nitrogens with zero attached hydrogens (tertiary/aromatic N) is 2. The quantitative estimate of drug-likeness (QED) is 0.181. The molecule has 0 saturated heterocycles. The number of nitrogens with one attached hydrogen (secondary N) is 1. The summed E-state index contributed by atoms with van der Waals surface area (Å²) in [4.78, 5) is 32.5. The van der Waals surface area contributed by atoms with E-state index in [0.29, 0.717) is 47.9 Å². The average Bonchev–Trinajstić information content (AvgIpc) is 2.95. The first-order chi connectivity index (χ1) is 18.8. The van der Waals surface area contributed by atoms with E-state index in [9.17, 15) is 9.59 Å². The van der Waals surface area contributed by atoms with Gasteiger partial charge in [0.05, 0.1) is 31.2 Å². The maximum absolute atomic E-state index is 13.1. The number of hydrogen-bond acceptors (Lipinski definition) is 6. The fraction of sp³-hybridized carbons (Fsp3) is 0.323. The number of carbonyl (C=O) groups excluding carboxylic acids is 2. The molecule has 0 aliphatic rings. The SMILES string of the molecule is C=C\C=C(/N=C(/C=C(\N)C(=O)Nc1ccc(C(=O)N(CCC)CCC)c(OC)c1)CC)c1ccc(OC)cc1. The highest BCUT2D eigenvalue weighted by molar-refractivity contribution is 6.09. The predicted octanol–water partition coefficient (Wildman–Crippen LogP) is 5.83. The second-order valence-electron chi connectivity index (χ2n) is 8.73. The molecule has 0 aromatic heterocycles. The number of methoxy groups -OCH3 is 2. The van der Waals surface area contributed by atoms with Crippen molar-refractivity contribution in [3.63, 3.8) is 0 Å². The Hall–Kier alpha value is -4.33. The zero-order chi connectivity index (χ0) is 28.8. The first kappa shape index (κ1) is 30.9. The second kappa shape index (κ2) is 15.8. The molecule has 0 heterocycles. The van der Waals surface area contributed by atoms with Crippen LogP contribution in [-0.4, -0.2) is 49.7 Å². The topological polar surface area (TPSA) is 106 Å². The maximum atomic E-state index is 13.1. The van der Waals surface area contributed by atoms with Crippen molar-refractivity contribution in [2.24, 2.45) is 10.7 Å². The first-order valence-corrected chi connectivity index (χ1v) is 13.1. The van der Waals surface area contributed by atoms with Crippen molar-refractivity contribution in [3.8, 4) is 11.5 Å². The smallest absolute Gasteiger partial charge is 0.271 e. The van der Waals surface area contributed by atoms with Gasteiger partial charge in [-0.2, -0.15) is 0 Å². The molecule has 2 amide bonds. The zero-order valence-corrected chi connectivity index (χ0v) is 23.6. The number of benzene rings is 2. The number of allylic oxidation sites excluding steroid dienone is 3. The van der Waals surface area contributed by atoms with Gasteiger partial charge in [0.2, 0.25) is 0 Å². The highest BCUT2D eigenvalue weighted by Gasteiger charge is 2.19. The molecule has 0 spiro atoms. The van der Waals surface area contributed by atoms with Crippen LogP contribution in [0.3, 0.4) is 0 Å². The molecular formula is C31H40N4O4. The first-order valence-electron chi connectivity index (χ1n) is 13.1. The third kappa shape index (κ3) is 8.88. The number of carbonyl (C=O) groups is 2. The molecule has 0 fully saturated rings. The number of rotatable bonds is 14. The number of ether oxygens (including phenoxy) is 2. The molecule has 0 aliphatic carbocycles. The highest BCUT2D eigenvalue weighted by atomic mass is 16.5. The second-order valence-corrected chi connectivity index (χ2v) is 8.73. The van der Waals surface area contributed by atoms with Gasteiger partial charge in [-0.3, -0.25) is 14.6 Å². The van der Waals surface area contributed by atoms with Crippen LogP contribution in [0.2, 0.25) is 0 Å². The summed E-state index contributed by atoms with van der Waals surface area (Å²) in [6, 6.07) is 12.5. The number of amides is 2. The molecule has 0 radical (unpaired) electrons. The fourth-order valence-corrected chi connectivity index (χ4v) is 3.86. The summed E-state index contributed by atoms with van der Waals surface area (Å²) in [6.45, 7) is 11.1. The molecule has 39 heavy (non-hydrogen) atoms. The van der Waals surface area contributed by atoms with Crippen LogP contribution in [0, 0.1) is 0 Å². The van der Waals surface area contributed by atoms with Crippen LogP contribution < -0.4 is 20.5 Å². The average molecular weight is 533 g/mol. The molecule has 0 unspecified atom stereocenters. The molecule has 8 nitrogen and oxygen atoms in total. The number of nitrogens with two attached hydrogens (primary N) is 1. The van der Waals surface area contributed by atoms with Gasteiger partial charge in [0.25, 0.3) is 11.8 Å². The van der Waals surface area contributed by atoms with Crippen molar-refractivity contribution in [1.29, 1.82) is 0 Å². The molecule has 2 rings (SSSR count). The van der Waals surface area contributed by atoms with E-state index in [2.05, 4.69) is 11.9 Å². The van der Waals surface area contributed by atoms with Crippen LogP contribution in [0.25, 0.3) is 5.70 Å². The predicted molar refractivity (Wildman–Crippen MR) is 159 cm³/mol. The molecule has 208 valence electrons. The van der Waals surface area contributed by atoms with Gasteiger partial charge in [-0.1, -0.05) is 33.4 Å². The minimum atomic E-state index is -0.491. The lowest BCUT2D eigenvalue weighted by molar-refractivity contribution is -0.112. The van der Waals surface area contributed by atoms with E-state index in [1.165, 1.54) is 7.11 Å². The van der Waals surface area contributed by atoms with Crippen LogP contribution in [-0.2, 0) is 4.79 Å². The van der Waals surface area contributed by atoms with E-state index in [0.717, 1.165) is 24.2 Å². The van der Waals surface area contributed by atoms with Gasteiger partial charge in [0.15, 0.2) is 0 Å². The van der Waals surface area contributed by atoms with Crippen molar-refractivity contribution in [2.45, 2.75) is 40.0 Å². The van der Waals surface area contributed by atoms with Gasteiger partial charge in [-0.15, -0.1) is 0 Å². The van der Waals surface area contributed by atoms with Crippen molar-refractivity contribution in [2.75, 3.05) is 32.6 Å². The standard InChI is InChI=1S/C31H40N4O4/c1-7-11-28(22-12-15-25(38-5)16-13-22)33-23(10-4)20-27(32)30(36)34-24-14-17-26(29(21-24)39-6)31(37)35(18-8-2)19-9-3/h7,11-17,20-21H,1,8-10,18-19,32H2,2-6H3,(H,34,36)/b27-20-,28-11-,33-23+. The van der Waals surface area contributed by atoms with Crippen molar-refractivity contribution in [3.05, 3.63) is 84.1 Å². The summed E-state index contributed by atoms with van der Waals surface area (Å²) >= 11 is 0. The Kier molecular flexibility index (Phi) is 12.5. The van der Waals surface area contributed by atoms with E-state index in [-0.39, 0.29) is 11.6 Å². The zero-order valence-electron chi connectivity index (χ0n) is 23.6. The Morgan fingerprint density at radius 1 is 1.03 bits per heavy atom. The lowest BCUT2D eigenvalue weighted by Gasteiger charge is -2.22. The molecule has 0 bridgehead atoms. The van der Waals surface area contributed by atoms with E-state index in [1.807, 2.05) is 49.9 Å². The van der Waals surface area contributed by atoms with Gasteiger partial charge < -0.3 is 25.4 Å². The lowest BCUT2D eigenvalue weighted by atomic mass is 10.1. The van der Waals surface area contributed by atoms with E-state index >= 15 is 0 Å². The summed E-state index contributed by atoms with van der Waals surface area (Å²) in [6.07, 6.45) is 7.28. The Morgan fingerprint density at radius 3 is 2.23 bits per heavy atom. The maximum Gasteiger partial charge on any atom is 0.271 e. The molecule has 3 N–H and O–H groups in total. The van der Waals surface area contributed by atoms with Gasteiger partial charge in [0.1, 0.15) is 11.5 Å². The Bertz CT molecular complexity index is 1220. The molecule has 2 aromatic rings. The normalized spacial score (nSPS) is 12.1. The molecular weight excluding hydrogens is 492 g/mol. The van der Waals surface area contributed by atoms with Crippen LogP contribution in [0.15, 0.2) is 78.0 Å². The monoisotopic (exact) mass is 532 g/mol. The summed E-state index contributed by atoms with van der Waals surface area (Å²) in [5.41, 5.74) is 9.22. The van der Waals surface area contributed by atoms with Crippen LogP contribution in [0.4, 0.5) is 5.69 Å². The lowest BCUT2D eigenvalue weighted by Crippen LogP contribution is -2.32. The molecule has 0 saturated carbocycles. The van der Waals surface area contributed by atoms with Gasteiger partial charge in [0, 0.05) is 36.1 Å². The highest BCUT2D eigenvalue weighted by Crippen LogP contribution is 2.25. The Balaban J connectivity index is 2.26. The van der Waals surface area contributed by atoms with Gasteiger partial charge >= 0.3 is 0 Å². The number of hydrogen-bond donors (Lipinski definition) is 2. The summed E-state index contributed by atoms with van der Waals surface area (Å²) in [5.74, 6) is 0.531. The molecule has 2 aromatic carbocycles. The third-order valence-electron chi connectivity index (χ3n) is 5.84. The summed E-state index contributed by atoms with van der Waals surface area (Å²) < 4.78 is 10.7. The van der Waals surface area contributed by atoms with Crippen molar-refractivity contribution < 1.29 is 19.1 Å². The van der Waals surface area contributed by atoms with Gasteiger partial charge in [-0.25, -0.2) is 0 Å². The van der Waals surface area contributed by atoms with Crippen LogP contribution in [0.5, 0.6) is 11.5 Å². The largest absolute Gasteiger partial charge is 0.497 e. The molecule has 0 aliphatic heterocycles. The Labute approximate surface area is 231 Å².